The molecule has 0 fully saturated rings. The van der Waals surface area contributed by atoms with E-state index in [9.17, 15) is 0 Å². The lowest BCUT2D eigenvalue weighted by atomic mass is 10.1. The Morgan fingerprint density at radius 1 is 0.741 bits per heavy atom. The van der Waals surface area contributed by atoms with E-state index in [1.54, 1.807) is 35.5 Å². The smallest absolute Gasteiger partial charge is 0.188 e. The molecule has 0 aromatic heterocycles. The minimum absolute atomic E-state index is 0.142. The van der Waals surface area contributed by atoms with Gasteiger partial charge in [0, 0.05) is 24.8 Å². The van der Waals surface area contributed by atoms with Gasteiger partial charge in [-0.1, -0.05) is 18.2 Å². The second-order valence-electron chi connectivity index (χ2n) is 5.58. The van der Waals surface area contributed by atoms with Gasteiger partial charge in [0.2, 0.25) is 0 Å². The van der Waals surface area contributed by atoms with Crippen molar-refractivity contribution in [2.75, 3.05) is 42.3 Å². The second kappa shape index (κ2) is 10.3. The van der Waals surface area contributed by atoms with Crippen LogP contribution in [0, 0.1) is 0 Å². The third-order valence-corrected chi connectivity index (χ3v) is 3.97. The highest BCUT2D eigenvalue weighted by molar-refractivity contribution is 5.58. The fourth-order valence-electron chi connectivity index (χ4n) is 2.62. The molecule has 0 bridgehead atoms. The van der Waals surface area contributed by atoms with Gasteiger partial charge in [0.05, 0.1) is 28.4 Å². The molecular formula is C21H26O6. The summed E-state index contributed by atoms with van der Waals surface area (Å²) >= 11 is 0. The summed E-state index contributed by atoms with van der Waals surface area (Å²) in [4.78, 5) is 0. The molecule has 0 N–H and O–H groups in total. The topological polar surface area (TPSA) is 55.4 Å². The van der Waals surface area contributed by atoms with Gasteiger partial charge in [-0.2, -0.15) is 0 Å². The Labute approximate surface area is 160 Å². The van der Waals surface area contributed by atoms with Crippen LogP contribution in [-0.2, 0) is 11.2 Å². The highest BCUT2D eigenvalue weighted by Gasteiger charge is 2.13. The molecule has 0 atom stereocenters. The summed E-state index contributed by atoms with van der Waals surface area (Å²) in [5.41, 5.74) is 1.91. The van der Waals surface area contributed by atoms with Crippen molar-refractivity contribution in [3.63, 3.8) is 0 Å². The lowest BCUT2D eigenvalue weighted by molar-refractivity contribution is 0.0502. The highest BCUT2D eigenvalue weighted by Crippen LogP contribution is 2.35. The van der Waals surface area contributed by atoms with E-state index in [2.05, 4.69) is 0 Å². The summed E-state index contributed by atoms with van der Waals surface area (Å²) in [6.07, 6.45) is 4.65. The highest BCUT2D eigenvalue weighted by atomic mass is 16.7. The Bertz CT molecular complexity index is 770. The minimum atomic E-state index is 0.142. The largest absolute Gasteiger partial charge is 0.496 e. The van der Waals surface area contributed by atoms with Gasteiger partial charge in [-0.3, -0.25) is 0 Å². The van der Waals surface area contributed by atoms with E-state index < -0.39 is 0 Å². The van der Waals surface area contributed by atoms with Crippen molar-refractivity contribution < 1.29 is 28.4 Å². The van der Waals surface area contributed by atoms with Gasteiger partial charge in [-0.05, 0) is 24.1 Å². The molecule has 0 amide bonds. The van der Waals surface area contributed by atoms with Gasteiger partial charge >= 0.3 is 0 Å². The van der Waals surface area contributed by atoms with Gasteiger partial charge in [0.1, 0.15) is 17.2 Å². The first-order valence-corrected chi connectivity index (χ1v) is 8.42. The average molecular weight is 374 g/mol. The van der Waals surface area contributed by atoms with Crippen molar-refractivity contribution in [2.45, 2.75) is 6.42 Å². The van der Waals surface area contributed by atoms with Gasteiger partial charge in [-0.25, -0.2) is 0 Å². The molecule has 0 saturated carbocycles. The summed E-state index contributed by atoms with van der Waals surface area (Å²) in [6, 6.07) is 9.41. The number of hydrogen-bond acceptors (Lipinski definition) is 6. The first-order valence-electron chi connectivity index (χ1n) is 8.42. The zero-order chi connectivity index (χ0) is 19.6. The monoisotopic (exact) mass is 374 g/mol. The van der Waals surface area contributed by atoms with Crippen LogP contribution in [0.2, 0.25) is 0 Å². The van der Waals surface area contributed by atoms with Gasteiger partial charge in [0.15, 0.2) is 18.3 Å². The fourth-order valence-corrected chi connectivity index (χ4v) is 2.62. The predicted molar refractivity (Wildman–Crippen MR) is 104 cm³/mol. The van der Waals surface area contributed by atoms with Crippen LogP contribution in [0.3, 0.4) is 0 Å². The quantitative estimate of drug-likeness (QED) is 0.587. The summed E-state index contributed by atoms with van der Waals surface area (Å²) in [5.74, 6) is 3.39. The van der Waals surface area contributed by atoms with Crippen LogP contribution in [0.1, 0.15) is 11.1 Å². The van der Waals surface area contributed by atoms with Crippen LogP contribution in [-0.4, -0.2) is 42.3 Å². The molecule has 0 aliphatic rings. The van der Waals surface area contributed by atoms with Gasteiger partial charge < -0.3 is 28.4 Å². The van der Waals surface area contributed by atoms with Crippen LogP contribution < -0.4 is 23.7 Å². The van der Waals surface area contributed by atoms with Crippen LogP contribution >= 0.6 is 0 Å². The normalized spacial score (nSPS) is 10.7. The molecule has 2 aromatic carbocycles. The first kappa shape index (κ1) is 20.5. The third kappa shape index (κ3) is 5.31. The lowest BCUT2D eigenvalue weighted by Gasteiger charge is -2.15. The molecule has 0 aliphatic heterocycles. The van der Waals surface area contributed by atoms with E-state index in [1.165, 1.54) is 0 Å². The fraction of sp³-hybridized carbons (Fsp3) is 0.333. The van der Waals surface area contributed by atoms with E-state index in [1.807, 2.05) is 42.5 Å². The van der Waals surface area contributed by atoms with Crippen LogP contribution in [0.25, 0.3) is 6.08 Å². The molecule has 146 valence electrons. The molecule has 0 radical (unpaired) electrons. The second-order valence-corrected chi connectivity index (χ2v) is 5.58. The van der Waals surface area contributed by atoms with Crippen molar-refractivity contribution >= 4 is 6.08 Å². The van der Waals surface area contributed by atoms with E-state index in [0.717, 1.165) is 11.1 Å². The maximum atomic E-state index is 5.69. The first-order chi connectivity index (χ1) is 13.2. The number of ether oxygens (including phenoxy) is 6. The Hall–Kier alpha value is -2.86. The van der Waals surface area contributed by atoms with E-state index in [0.29, 0.717) is 35.2 Å². The van der Waals surface area contributed by atoms with Crippen LogP contribution in [0.5, 0.6) is 28.7 Å². The van der Waals surface area contributed by atoms with Crippen molar-refractivity contribution in [1.29, 1.82) is 0 Å². The summed E-state index contributed by atoms with van der Waals surface area (Å²) in [5, 5.41) is 0. The van der Waals surface area contributed by atoms with E-state index >= 15 is 0 Å². The average Bonchev–Trinajstić information content (AvgIpc) is 2.72. The number of allylic oxidation sites excluding steroid dienone is 1. The molecule has 0 saturated heterocycles. The van der Waals surface area contributed by atoms with E-state index in [-0.39, 0.29) is 6.79 Å². The Balaban J connectivity index is 2.26. The Kier molecular flexibility index (Phi) is 7.82. The van der Waals surface area contributed by atoms with Crippen molar-refractivity contribution in [2.24, 2.45) is 0 Å². The van der Waals surface area contributed by atoms with Gasteiger partial charge in [0.25, 0.3) is 0 Å². The number of rotatable bonds is 10. The minimum Gasteiger partial charge on any atom is -0.496 e. The molecular weight excluding hydrogens is 348 g/mol. The van der Waals surface area contributed by atoms with Crippen molar-refractivity contribution in [3.05, 3.63) is 47.5 Å². The molecule has 2 aromatic rings. The molecule has 27 heavy (non-hydrogen) atoms. The van der Waals surface area contributed by atoms with Crippen molar-refractivity contribution in [1.82, 2.24) is 0 Å². The molecule has 0 aliphatic carbocycles. The molecule has 6 heteroatoms. The Morgan fingerprint density at radius 3 is 2.07 bits per heavy atom. The number of benzene rings is 2. The summed E-state index contributed by atoms with van der Waals surface area (Å²) < 4.78 is 32.1. The summed E-state index contributed by atoms with van der Waals surface area (Å²) in [6.45, 7) is 0.142. The summed E-state index contributed by atoms with van der Waals surface area (Å²) in [7, 11) is 8.04. The zero-order valence-electron chi connectivity index (χ0n) is 16.4. The van der Waals surface area contributed by atoms with E-state index in [4.69, 9.17) is 28.4 Å². The standard InChI is InChI=1S/C21H26O6/c1-22-14-27-20-13-16(23-2)12-19(25-4)17(20)8-6-7-15-9-10-18(24-3)21(11-15)26-5/h6-7,9-13H,8,14H2,1-5H3/b7-6+. The molecule has 2 rings (SSSR count). The number of methoxy groups -OCH3 is 5. The molecule has 6 nitrogen and oxygen atoms in total. The maximum absolute atomic E-state index is 5.69. The molecule has 0 spiro atoms. The SMILES string of the molecule is COCOc1cc(OC)cc(OC)c1C/C=C/c1ccc(OC)c(OC)c1. The molecule has 0 unspecified atom stereocenters. The predicted octanol–water partition coefficient (Wildman–Crippen LogP) is 3.96. The molecule has 0 heterocycles. The number of hydrogen-bond donors (Lipinski definition) is 0. The Morgan fingerprint density at radius 2 is 1.44 bits per heavy atom. The third-order valence-electron chi connectivity index (χ3n) is 3.97. The van der Waals surface area contributed by atoms with Crippen molar-refractivity contribution in [3.8, 4) is 28.7 Å². The van der Waals surface area contributed by atoms with Crippen LogP contribution in [0.4, 0.5) is 0 Å². The lowest BCUT2D eigenvalue weighted by Crippen LogP contribution is -2.03. The maximum Gasteiger partial charge on any atom is 0.188 e. The van der Waals surface area contributed by atoms with Gasteiger partial charge in [-0.15, -0.1) is 0 Å². The van der Waals surface area contributed by atoms with Crippen LogP contribution in [0.15, 0.2) is 36.4 Å². The zero-order valence-corrected chi connectivity index (χ0v) is 16.4.